The van der Waals surface area contributed by atoms with Crippen molar-refractivity contribution in [1.82, 2.24) is 0 Å². The van der Waals surface area contributed by atoms with Crippen LogP contribution < -0.4 is 5.32 Å². The van der Waals surface area contributed by atoms with E-state index in [9.17, 15) is 9.59 Å². The van der Waals surface area contributed by atoms with Gasteiger partial charge in [-0.25, -0.2) is 0 Å². The zero-order chi connectivity index (χ0) is 16.3. The summed E-state index contributed by atoms with van der Waals surface area (Å²) in [5.74, 6) is -0.888. The Balaban J connectivity index is 1.97. The van der Waals surface area contributed by atoms with Crippen LogP contribution in [0.4, 0.5) is 5.69 Å². The Labute approximate surface area is 134 Å². The van der Waals surface area contributed by atoms with Crippen molar-refractivity contribution in [3.8, 4) is 0 Å². The molecule has 1 amide bonds. The maximum atomic E-state index is 12.6. The van der Waals surface area contributed by atoms with Crippen LogP contribution in [-0.4, -0.2) is 19.0 Å². The quantitative estimate of drug-likeness (QED) is 0.697. The molecule has 1 heterocycles. The summed E-state index contributed by atoms with van der Waals surface area (Å²) in [5, 5.41) is 2.78. The first kappa shape index (κ1) is 15.0. The number of allylic oxidation sites excluding steroid dienone is 1. The first-order valence-electron chi connectivity index (χ1n) is 7.39. The fraction of sp³-hybridized carbons (Fsp3) is 0.158. The number of rotatable bonds is 4. The minimum atomic E-state index is -1.32. The molecule has 0 aliphatic carbocycles. The number of hydrogen-bond acceptors (Lipinski definition) is 3. The van der Waals surface area contributed by atoms with Gasteiger partial charge in [0.05, 0.1) is 7.11 Å². The molecular formula is C19H17NO3. The largest absolute Gasteiger partial charge is 0.468 e. The second-order valence-corrected chi connectivity index (χ2v) is 5.41. The Bertz CT molecular complexity index is 757. The van der Waals surface area contributed by atoms with Gasteiger partial charge in [-0.1, -0.05) is 60.7 Å². The second-order valence-electron chi connectivity index (χ2n) is 5.41. The molecule has 3 rings (SSSR count). The molecule has 1 unspecified atom stereocenters. The molecule has 0 fully saturated rings. The molecule has 0 saturated carbocycles. The Morgan fingerprint density at radius 2 is 1.83 bits per heavy atom. The van der Waals surface area contributed by atoms with Gasteiger partial charge < -0.3 is 10.1 Å². The predicted octanol–water partition coefficient (Wildman–Crippen LogP) is 3.15. The first-order valence-corrected chi connectivity index (χ1v) is 7.39. The Morgan fingerprint density at radius 1 is 1.13 bits per heavy atom. The lowest BCUT2D eigenvalue weighted by Gasteiger charge is -2.22. The number of esters is 1. The lowest BCUT2D eigenvalue weighted by molar-refractivity contribution is -0.150. The van der Waals surface area contributed by atoms with Crippen LogP contribution in [0.1, 0.15) is 17.5 Å². The molecule has 4 heteroatoms. The number of ether oxygens (including phenoxy) is 1. The van der Waals surface area contributed by atoms with Gasteiger partial charge in [-0.2, -0.15) is 0 Å². The lowest BCUT2D eigenvalue weighted by Crippen LogP contribution is -2.43. The highest BCUT2D eigenvalue weighted by Gasteiger charge is 2.53. The molecule has 0 radical (unpaired) electrons. The summed E-state index contributed by atoms with van der Waals surface area (Å²) in [7, 11) is 1.30. The molecule has 4 nitrogen and oxygen atoms in total. The molecule has 1 atom stereocenters. The number of anilines is 1. The van der Waals surface area contributed by atoms with Gasteiger partial charge in [0.25, 0.3) is 0 Å². The number of hydrogen-bond donors (Lipinski definition) is 1. The van der Waals surface area contributed by atoms with E-state index in [4.69, 9.17) is 4.74 Å². The lowest BCUT2D eigenvalue weighted by atomic mass is 9.78. The highest BCUT2D eigenvalue weighted by Crippen LogP contribution is 2.41. The van der Waals surface area contributed by atoms with Crippen molar-refractivity contribution in [3.05, 3.63) is 71.8 Å². The van der Waals surface area contributed by atoms with Crippen LogP contribution in [0, 0.1) is 0 Å². The third kappa shape index (κ3) is 2.52. The van der Waals surface area contributed by atoms with Crippen molar-refractivity contribution in [3.63, 3.8) is 0 Å². The van der Waals surface area contributed by atoms with Crippen molar-refractivity contribution in [2.75, 3.05) is 12.4 Å². The molecular weight excluding hydrogens is 290 g/mol. The van der Waals surface area contributed by atoms with Crippen LogP contribution in [0.3, 0.4) is 0 Å². The van der Waals surface area contributed by atoms with Gasteiger partial charge in [0, 0.05) is 11.3 Å². The highest BCUT2D eigenvalue weighted by molar-refractivity contribution is 6.19. The van der Waals surface area contributed by atoms with Crippen LogP contribution >= 0.6 is 0 Å². The van der Waals surface area contributed by atoms with Gasteiger partial charge in [0.2, 0.25) is 5.91 Å². The molecule has 116 valence electrons. The molecule has 0 spiro atoms. The number of nitrogens with one attached hydrogen (secondary N) is 1. The van der Waals surface area contributed by atoms with Crippen molar-refractivity contribution >= 4 is 23.6 Å². The van der Waals surface area contributed by atoms with Gasteiger partial charge >= 0.3 is 5.97 Å². The van der Waals surface area contributed by atoms with Gasteiger partial charge in [0.1, 0.15) is 0 Å². The number of methoxy groups -OCH3 is 1. The summed E-state index contributed by atoms with van der Waals surface area (Å²) in [5.41, 5.74) is 1.01. The zero-order valence-electron chi connectivity index (χ0n) is 12.8. The highest BCUT2D eigenvalue weighted by atomic mass is 16.5. The van der Waals surface area contributed by atoms with Gasteiger partial charge in [-0.3, -0.25) is 9.59 Å². The van der Waals surface area contributed by atoms with Crippen LogP contribution in [0.5, 0.6) is 0 Å². The topological polar surface area (TPSA) is 55.4 Å². The van der Waals surface area contributed by atoms with Crippen molar-refractivity contribution in [1.29, 1.82) is 0 Å². The average molecular weight is 307 g/mol. The van der Waals surface area contributed by atoms with E-state index < -0.39 is 11.4 Å². The van der Waals surface area contributed by atoms with Crippen LogP contribution in [-0.2, 0) is 19.7 Å². The molecule has 1 aliphatic rings. The van der Waals surface area contributed by atoms with Gasteiger partial charge in [-0.05, 0) is 18.1 Å². The third-order valence-electron chi connectivity index (χ3n) is 4.09. The monoisotopic (exact) mass is 307 g/mol. The predicted molar refractivity (Wildman–Crippen MR) is 88.9 cm³/mol. The van der Waals surface area contributed by atoms with Crippen molar-refractivity contribution in [2.24, 2.45) is 0 Å². The van der Waals surface area contributed by atoms with E-state index in [1.165, 1.54) is 7.11 Å². The Morgan fingerprint density at radius 3 is 2.57 bits per heavy atom. The summed E-state index contributed by atoms with van der Waals surface area (Å²) < 4.78 is 4.93. The first-order chi connectivity index (χ1) is 11.2. The van der Waals surface area contributed by atoms with E-state index in [2.05, 4.69) is 5.32 Å². The number of para-hydroxylation sites is 1. The fourth-order valence-corrected chi connectivity index (χ4v) is 2.91. The number of carbonyl (C=O) groups excluding carboxylic acids is 2. The Hall–Kier alpha value is -2.88. The molecule has 2 aromatic rings. The van der Waals surface area contributed by atoms with Crippen molar-refractivity contribution < 1.29 is 14.3 Å². The Kier molecular flexibility index (Phi) is 3.98. The minimum absolute atomic E-state index is 0.247. The second kappa shape index (κ2) is 6.08. The number of amides is 1. The van der Waals surface area contributed by atoms with E-state index >= 15 is 0 Å². The average Bonchev–Trinajstić information content (AvgIpc) is 2.88. The SMILES string of the molecule is COC(=O)C1(C/C=C/c2ccccc2)C(=O)Nc2ccccc21. The van der Waals surface area contributed by atoms with E-state index in [0.29, 0.717) is 11.3 Å². The summed E-state index contributed by atoms with van der Waals surface area (Å²) in [6.07, 6.45) is 3.99. The molecule has 2 aromatic carbocycles. The third-order valence-corrected chi connectivity index (χ3v) is 4.09. The summed E-state index contributed by atoms with van der Waals surface area (Å²) in [6.45, 7) is 0. The fourth-order valence-electron chi connectivity index (χ4n) is 2.91. The van der Waals surface area contributed by atoms with E-state index in [1.54, 1.807) is 12.1 Å². The van der Waals surface area contributed by atoms with Crippen LogP contribution in [0.25, 0.3) is 6.08 Å². The number of carbonyl (C=O) groups is 2. The summed E-state index contributed by atoms with van der Waals surface area (Å²) >= 11 is 0. The molecule has 0 aromatic heterocycles. The maximum absolute atomic E-state index is 12.6. The standard InChI is InChI=1S/C19H17NO3/c1-23-18(22)19(13-7-10-14-8-3-2-4-9-14)15-11-5-6-12-16(15)20-17(19)21/h2-12H,13H2,1H3,(H,20,21)/b10-7+. The molecule has 23 heavy (non-hydrogen) atoms. The summed E-state index contributed by atoms with van der Waals surface area (Å²) in [4.78, 5) is 25.0. The van der Waals surface area contributed by atoms with E-state index in [0.717, 1.165) is 5.56 Å². The minimum Gasteiger partial charge on any atom is -0.468 e. The zero-order valence-corrected chi connectivity index (χ0v) is 12.8. The molecule has 0 saturated heterocycles. The van der Waals surface area contributed by atoms with E-state index in [-0.39, 0.29) is 12.3 Å². The molecule has 1 N–H and O–H groups in total. The normalized spacial score (nSPS) is 19.4. The molecule has 0 bridgehead atoms. The van der Waals surface area contributed by atoms with E-state index in [1.807, 2.05) is 54.6 Å². The van der Waals surface area contributed by atoms with Crippen molar-refractivity contribution in [2.45, 2.75) is 11.8 Å². The van der Waals surface area contributed by atoms with Gasteiger partial charge in [0.15, 0.2) is 5.41 Å². The maximum Gasteiger partial charge on any atom is 0.326 e. The smallest absolute Gasteiger partial charge is 0.326 e. The summed E-state index contributed by atoms with van der Waals surface area (Å²) in [6, 6.07) is 17.0. The van der Waals surface area contributed by atoms with Crippen LogP contribution in [0.2, 0.25) is 0 Å². The van der Waals surface area contributed by atoms with Gasteiger partial charge in [-0.15, -0.1) is 0 Å². The van der Waals surface area contributed by atoms with Crippen LogP contribution in [0.15, 0.2) is 60.7 Å². The number of fused-ring (bicyclic) bond motifs is 1. The molecule has 1 aliphatic heterocycles. The number of benzene rings is 2.